The quantitative estimate of drug-likeness (QED) is 0.876. The van der Waals surface area contributed by atoms with Crippen molar-refractivity contribution in [3.8, 4) is 0 Å². The number of rotatable bonds is 4. The molecule has 0 saturated carbocycles. The molecule has 2 aromatic rings. The predicted molar refractivity (Wildman–Crippen MR) is 89.5 cm³/mol. The monoisotopic (exact) mass is 364 g/mol. The minimum atomic E-state index is -3.69. The second-order valence-electron chi connectivity index (χ2n) is 6.06. The second kappa shape index (κ2) is 6.93. The maximum Gasteiger partial charge on any atom is 0.272 e. The number of aryl methyl sites for hydroxylation is 2. The van der Waals surface area contributed by atoms with E-state index in [4.69, 9.17) is 4.52 Å². The number of aromatic nitrogens is 2. The topological polar surface area (TPSA) is 105 Å². The number of carbonyl (C=O) groups excluding carboxylic acids is 1. The molecule has 0 radical (unpaired) electrons. The molecule has 9 heteroatoms. The highest BCUT2D eigenvalue weighted by Crippen LogP contribution is 2.21. The van der Waals surface area contributed by atoms with Crippen molar-refractivity contribution >= 4 is 15.9 Å². The molecule has 0 aliphatic carbocycles. The van der Waals surface area contributed by atoms with Crippen LogP contribution in [0, 0.1) is 13.8 Å². The van der Waals surface area contributed by atoms with Gasteiger partial charge in [-0.25, -0.2) is 13.1 Å². The summed E-state index contributed by atoms with van der Waals surface area (Å²) < 4.78 is 32.7. The van der Waals surface area contributed by atoms with Crippen LogP contribution in [-0.2, 0) is 10.0 Å². The number of nitrogens with one attached hydrogen (secondary N) is 1. The highest BCUT2D eigenvalue weighted by atomic mass is 32.2. The fraction of sp³-hybridized carbons (Fsp3) is 0.438. The van der Waals surface area contributed by atoms with Crippen LogP contribution in [0.2, 0.25) is 0 Å². The van der Waals surface area contributed by atoms with E-state index < -0.39 is 10.0 Å². The smallest absolute Gasteiger partial charge is 0.272 e. The molecule has 0 aromatic carbocycles. The van der Waals surface area contributed by atoms with Gasteiger partial charge in [0, 0.05) is 25.3 Å². The van der Waals surface area contributed by atoms with Crippen LogP contribution < -0.4 is 4.72 Å². The van der Waals surface area contributed by atoms with Gasteiger partial charge in [-0.2, -0.15) is 0 Å². The second-order valence-corrected chi connectivity index (χ2v) is 7.71. The maximum atomic E-state index is 12.5. The van der Waals surface area contributed by atoms with Gasteiger partial charge >= 0.3 is 0 Å². The molecule has 3 heterocycles. The third kappa shape index (κ3) is 3.72. The molecule has 3 rings (SSSR count). The molecule has 1 aliphatic heterocycles. The fourth-order valence-electron chi connectivity index (χ4n) is 2.99. The van der Waals surface area contributed by atoms with Crippen LogP contribution in [0.15, 0.2) is 33.8 Å². The number of amides is 1. The van der Waals surface area contributed by atoms with E-state index in [2.05, 4.69) is 14.9 Å². The van der Waals surface area contributed by atoms with E-state index in [0.717, 1.165) is 0 Å². The van der Waals surface area contributed by atoms with Crippen LogP contribution in [0.4, 0.5) is 0 Å². The van der Waals surface area contributed by atoms with E-state index in [0.29, 0.717) is 37.3 Å². The number of hydrogen-bond acceptors (Lipinski definition) is 6. The summed E-state index contributed by atoms with van der Waals surface area (Å²) in [7, 11) is -3.69. The van der Waals surface area contributed by atoms with Gasteiger partial charge in [0.05, 0.1) is 0 Å². The molecule has 0 spiro atoms. The zero-order valence-corrected chi connectivity index (χ0v) is 14.9. The maximum absolute atomic E-state index is 12.5. The lowest BCUT2D eigenvalue weighted by molar-refractivity contribution is 0.0705. The van der Waals surface area contributed by atoms with E-state index in [9.17, 15) is 13.2 Å². The lowest BCUT2D eigenvalue weighted by atomic mass is 10.1. The van der Waals surface area contributed by atoms with Crippen LogP contribution in [0.1, 0.15) is 34.8 Å². The predicted octanol–water partition coefficient (Wildman–Crippen LogP) is 1.27. The number of piperidine rings is 1. The molecule has 134 valence electrons. The largest absolute Gasteiger partial charge is 0.360 e. The normalized spacial score (nSPS) is 16.2. The summed E-state index contributed by atoms with van der Waals surface area (Å²) in [5.41, 5.74) is 0.741. The van der Waals surface area contributed by atoms with E-state index in [1.807, 2.05) is 0 Å². The Bertz CT molecular complexity index is 836. The Kier molecular flexibility index (Phi) is 4.87. The van der Waals surface area contributed by atoms with Gasteiger partial charge in [0.2, 0.25) is 10.0 Å². The summed E-state index contributed by atoms with van der Waals surface area (Å²) in [5.74, 6) is 0.139. The van der Waals surface area contributed by atoms with Crippen molar-refractivity contribution in [1.29, 1.82) is 0 Å². The molecule has 0 atom stereocenters. The highest BCUT2D eigenvalue weighted by Gasteiger charge is 2.30. The third-order valence-corrected chi connectivity index (χ3v) is 5.99. The molecule has 0 unspecified atom stereocenters. The number of likely N-dealkylation sites (tertiary alicyclic amines) is 1. The molecule has 2 aromatic heterocycles. The first-order chi connectivity index (χ1) is 11.9. The molecule has 1 saturated heterocycles. The number of nitrogens with zero attached hydrogens (tertiary/aromatic N) is 3. The summed E-state index contributed by atoms with van der Waals surface area (Å²) in [6, 6.07) is 4.97. The van der Waals surface area contributed by atoms with E-state index in [-0.39, 0.29) is 22.6 Å². The number of pyridine rings is 1. The van der Waals surface area contributed by atoms with E-state index in [1.54, 1.807) is 43.1 Å². The molecule has 8 nitrogen and oxygen atoms in total. The summed E-state index contributed by atoms with van der Waals surface area (Å²) in [4.78, 5) is 18.2. The molecule has 1 aliphatic rings. The zero-order chi connectivity index (χ0) is 18.0. The Balaban J connectivity index is 1.62. The number of hydrogen-bond donors (Lipinski definition) is 1. The van der Waals surface area contributed by atoms with Gasteiger partial charge in [0.15, 0.2) is 5.76 Å². The van der Waals surface area contributed by atoms with Gasteiger partial charge in [0.1, 0.15) is 16.3 Å². The van der Waals surface area contributed by atoms with Crippen molar-refractivity contribution < 1.29 is 17.7 Å². The molecule has 1 fully saturated rings. The van der Waals surface area contributed by atoms with Gasteiger partial charge in [0.25, 0.3) is 5.91 Å². The summed E-state index contributed by atoms with van der Waals surface area (Å²) in [5, 5.41) is 3.69. The summed E-state index contributed by atoms with van der Waals surface area (Å²) in [6.07, 6.45) is 2.67. The third-order valence-electron chi connectivity index (χ3n) is 4.22. The minimum Gasteiger partial charge on any atom is -0.360 e. The molecule has 1 amide bonds. The molecule has 0 bridgehead atoms. The van der Waals surface area contributed by atoms with Crippen molar-refractivity contribution in [2.24, 2.45) is 0 Å². The number of sulfonamides is 1. The van der Waals surface area contributed by atoms with Crippen LogP contribution >= 0.6 is 0 Å². The lowest BCUT2D eigenvalue weighted by Gasteiger charge is -2.32. The van der Waals surface area contributed by atoms with Crippen LogP contribution in [0.25, 0.3) is 0 Å². The van der Waals surface area contributed by atoms with E-state index >= 15 is 0 Å². The van der Waals surface area contributed by atoms with Crippen molar-refractivity contribution in [1.82, 2.24) is 19.8 Å². The Morgan fingerprint density at radius 1 is 1.28 bits per heavy atom. The van der Waals surface area contributed by atoms with E-state index in [1.165, 1.54) is 0 Å². The summed E-state index contributed by atoms with van der Waals surface area (Å²) in [6.45, 7) is 4.12. The first kappa shape index (κ1) is 17.6. The van der Waals surface area contributed by atoms with Gasteiger partial charge in [-0.1, -0.05) is 11.2 Å². The van der Waals surface area contributed by atoms with Crippen LogP contribution in [0.5, 0.6) is 0 Å². The van der Waals surface area contributed by atoms with Crippen molar-refractivity contribution in [3.63, 3.8) is 0 Å². The first-order valence-corrected chi connectivity index (χ1v) is 9.52. The van der Waals surface area contributed by atoms with Gasteiger partial charge < -0.3 is 9.42 Å². The first-order valence-electron chi connectivity index (χ1n) is 8.04. The average Bonchev–Trinajstić information content (AvgIpc) is 2.95. The van der Waals surface area contributed by atoms with Gasteiger partial charge in [-0.05, 0) is 38.8 Å². The Morgan fingerprint density at radius 2 is 2.00 bits per heavy atom. The Labute approximate surface area is 146 Å². The zero-order valence-electron chi connectivity index (χ0n) is 14.1. The SMILES string of the molecule is Cc1noc(C)c1S(=O)(=O)NC1CCN(C(=O)c2ccccn2)CC1. The number of carbonyl (C=O) groups is 1. The Morgan fingerprint density at radius 3 is 2.56 bits per heavy atom. The molecular weight excluding hydrogens is 344 g/mol. The van der Waals surface area contributed by atoms with Crippen molar-refractivity contribution in [2.45, 2.75) is 37.6 Å². The van der Waals surface area contributed by atoms with Crippen LogP contribution in [-0.4, -0.2) is 48.5 Å². The van der Waals surface area contributed by atoms with Crippen molar-refractivity contribution in [3.05, 3.63) is 41.5 Å². The standard InChI is InChI=1S/C16H20N4O4S/c1-11-15(12(2)24-18-11)25(22,23)19-13-6-9-20(10-7-13)16(21)14-5-3-4-8-17-14/h3-5,8,13,19H,6-7,9-10H2,1-2H3. The van der Waals surface area contributed by atoms with Gasteiger partial charge in [-0.3, -0.25) is 9.78 Å². The van der Waals surface area contributed by atoms with Crippen LogP contribution in [0.3, 0.4) is 0 Å². The Hall–Kier alpha value is -2.26. The highest BCUT2D eigenvalue weighted by molar-refractivity contribution is 7.89. The summed E-state index contributed by atoms with van der Waals surface area (Å²) >= 11 is 0. The van der Waals surface area contributed by atoms with Crippen molar-refractivity contribution in [2.75, 3.05) is 13.1 Å². The fourth-order valence-corrected chi connectivity index (χ4v) is 4.62. The molecular formula is C16H20N4O4S. The average molecular weight is 364 g/mol. The van der Waals surface area contributed by atoms with Gasteiger partial charge in [-0.15, -0.1) is 0 Å². The lowest BCUT2D eigenvalue weighted by Crippen LogP contribution is -2.46. The molecule has 25 heavy (non-hydrogen) atoms. The molecule has 1 N–H and O–H groups in total. The minimum absolute atomic E-state index is 0.0968.